The number of anilines is 2. The van der Waals surface area contributed by atoms with Gasteiger partial charge in [-0.3, -0.25) is 4.79 Å². The number of halogens is 1. The molecule has 0 spiro atoms. The number of benzene rings is 1. The van der Waals surface area contributed by atoms with Gasteiger partial charge in [0, 0.05) is 35.4 Å². The molecule has 0 unspecified atom stereocenters. The van der Waals surface area contributed by atoms with Crippen LogP contribution >= 0.6 is 27.3 Å². The van der Waals surface area contributed by atoms with Crippen LogP contribution in [0.1, 0.15) is 15.2 Å². The number of nitrogens with one attached hydrogen (secondary N) is 1. The van der Waals surface area contributed by atoms with Gasteiger partial charge in [-0.2, -0.15) is 0 Å². The third kappa shape index (κ3) is 3.52. The summed E-state index contributed by atoms with van der Waals surface area (Å²) in [4.78, 5) is 14.2. The van der Waals surface area contributed by atoms with Gasteiger partial charge in [0.05, 0.1) is 16.9 Å². The van der Waals surface area contributed by atoms with Crippen LogP contribution in [0.15, 0.2) is 34.1 Å². The van der Waals surface area contributed by atoms with Crippen molar-refractivity contribution in [2.75, 3.05) is 24.3 Å². The molecule has 1 heterocycles. The van der Waals surface area contributed by atoms with E-state index >= 15 is 0 Å². The molecule has 6 heteroatoms. The molecule has 1 aromatic carbocycles. The largest absolute Gasteiger partial charge is 0.378 e. The van der Waals surface area contributed by atoms with E-state index in [0.29, 0.717) is 12.1 Å². The van der Waals surface area contributed by atoms with Crippen molar-refractivity contribution in [3.05, 3.63) is 44.6 Å². The van der Waals surface area contributed by atoms with Gasteiger partial charge in [-0.25, -0.2) is 0 Å². The van der Waals surface area contributed by atoms with Crippen molar-refractivity contribution in [3.63, 3.8) is 0 Å². The molecule has 1 amide bonds. The van der Waals surface area contributed by atoms with Gasteiger partial charge in [0.1, 0.15) is 0 Å². The standard InChI is InChI=1S/C14H16BrN3OS/c1-18(2)13-4-3-10(15)6-12(13)17-7-11-5-9(8-20-11)14(16)19/h3-6,8,17H,7H2,1-2H3,(H2,16,19). The summed E-state index contributed by atoms with van der Waals surface area (Å²) in [6, 6.07) is 7.93. The smallest absolute Gasteiger partial charge is 0.249 e. The molecule has 20 heavy (non-hydrogen) atoms. The fourth-order valence-corrected chi connectivity index (χ4v) is 3.00. The van der Waals surface area contributed by atoms with Crippen LogP contribution in [-0.2, 0) is 6.54 Å². The summed E-state index contributed by atoms with van der Waals surface area (Å²) in [5.74, 6) is -0.385. The maximum Gasteiger partial charge on any atom is 0.249 e. The SMILES string of the molecule is CN(C)c1ccc(Br)cc1NCc1cc(C(N)=O)cs1. The van der Waals surface area contributed by atoms with Crippen LogP contribution in [0, 0.1) is 0 Å². The highest BCUT2D eigenvalue weighted by atomic mass is 79.9. The van der Waals surface area contributed by atoms with Gasteiger partial charge in [0.25, 0.3) is 0 Å². The van der Waals surface area contributed by atoms with Crippen molar-refractivity contribution in [1.29, 1.82) is 0 Å². The molecule has 106 valence electrons. The number of rotatable bonds is 5. The second kappa shape index (κ2) is 6.28. The zero-order valence-corrected chi connectivity index (χ0v) is 13.7. The lowest BCUT2D eigenvalue weighted by molar-refractivity contribution is 0.100. The van der Waals surface area contributed by atoms with Crippen LogP contribution in [0.25, 0.3) is 0 Å². The molecule has 0 atom stereocenters. The third-order valence-corrected chi connectivity index (χ3v) is 4.26. The second-order valence-corrected chi connectivity index (χ2v) is 6.49. The minimum atomic E-state index is -0.385. The number of primary amides is 1. The van der Waals surface area contributed by atoms with Gasteiger partial charge in [-0.1, -0.05) is 15.9 Å². The van der Waals surface area contributed by atoms with Gasteiger partial charge in [0.2, 0.25) is 5.91 Å². The van der Waals surface area contributed by atoms with Crippen LogP contribution in [0.4, 0.5) is 11.4 Å². The highest BCUT2D eigenvalue weighted by Crippen LogP contribution is 2.29. The Kier molecular flexibility index (Phi) is 4.67. The summed E-state index contributed by atoms with van der Waals surface area (Å²) in [6.07, 6.45) is 0. The average molecular weight is 354 g/mol. The second-order valence-electron chi connectivity index (χ2n) is 4.58. The Hall–Kier alpha value is -1.53. The lowest BCUT2D eigenvalue weighted by Gasteiger charge is -2.18. The van der Waals surface area contributed by atoms with Crippen LogP contribution in [0.3, 0.4) is 0 Å². The number of hydrogen-bond donors (Lipinski definition) is 2. The Morgan fingerprint density at radius 1 is 1.40 bits per heavy atom. The molecule has 2 rings (SSSR count). The zero-order chi connectivity index (χ0) is 14.7. The monoisotopic (exact) mass is 353 g/mol. The van der Waals surface area contributed by atoms with E-state index in [4.69, 9.17) is 5.73 Å². The number of carbonyl (C=O) groups excluding carboxylic acids is 1. The highest BCUT2D eigenvalue weighted by molar-refractivity contribution is 9.10. The number of nitrogens with zero attached hydrogens (tertiary/aromatic N) is 1. The fourth-order valence-electron chi connectivity index (χ4n) is 1.82. The van der Waals surface area contributed by atoms with Gasteiger partial charge >= 0.3 is 0 Å². The maximum absolute atomic E-state index is 11.1. The van der Waals surface area contributed by atoms with E-state index in [0.717, 1.165) is 20.7 Å². The topological polar surface area (TPSA) is 58.4 Å². The first-order chi connectivity index (χ1) is 9.47. The average Bonchev–Trinajstić information content (AvgIpc) is 2.85. The van der Waals surface area contributed by atoms with Crippen molar-refractivity contribution in [2.45, 2.75) is 6.54 Å². The molecule has 0 fully saturated rings. The van der Waals surface area contributed by atoms with E-state index < -0.39 is 0 Å². The van der Waals surface area contributed by atoms with Crippen LogP contribution in [0.2, 0.25) is 0 Å². The quantitative estimate of drug-likeness (QED) is 0.866. The van der Waals surface area contributed by atoms with Gasteiger partial charge in [-0.15, -0.1) is 11.3 Å². The molecule has 0 saturated carbocycles. The van der Waals surface area contributed by atoms with Crippen molar-refractivity contribution in [1.82, 2.24) is 0 Å². The minimum Gasteiger partial charge on any atom is -0.378 e. The Bertz CT molecular complexity index is 625. The molecule has 3 N–H and O–H groups in total. The molecule has 1 aromatic heterocycles. The third-order valence-electron chi connectivity index (χ3n) is 2.83. The Morgan fingerprint density at radius 2 is 2.15 bits per heavy atom. The summed E-state index contributed by atoms with van der Waals surface area (Å²) in [6.45, 7) is 0.662. The Balaban J connectivity index is 2.13. The first-order valence-electron chi connectivity index (χ1n) is 6.05. The van der Waals surface area contributed by atoms with Gasteiger partial charge in [0.15, 0.2) is 0 Å². The predicted molar refractivity (Wildman–Crippen MR) is 88.6 cm³/mol. The molecule has 0 aliphatic carbocycles. The van der Waals surface area contributed by atoms with E-state index in [1.54, 1.807) is 5.38 Å². The van der Waals surface area contributed by atoms with Crippen molar-refractivity contribution >= 4 is 44.5 Å². The first kappa shape index (κ1) is 14.9. The van der Waals surface area contributed by atoms with Crippen LogP contribution < -0.4 is 16.0 Å². The van der Waals surface area contributed by atoms with Crippen LogP contribution in [-0.4, -0.2) is 20.0 Å². The van der Waals surface area contributed by atoms with Crippen LogP contribution in [0.5, 0.6) is 0 Å². The van der Waals surface area contributed by atoms with Crippen molar-refractivity contribution in [3.8, 4) is 0 Å². The number of amides is 1. The molecule has 0 bridgehead atoms. The summed E-state index contributed by atoms with van der Waals surface area (Å²) >= 11 is 5.00. The molecule has 4 nitrogen and oxygen atoms in total. The number of hydrogen-bond acceptors (Lipinski definition) is 4. The zero-order valence-electron chi connectivity index (χ0n) is 11.3. The Labute approximate surface area is 130 Å². The van der Waals surface area contributed by atoms with Gasteiger partial charge < -0.3 is 16.0 Å². The lowest BCUT2D eigenvalue weighted by Crippen LogP contribution is -2.12. The molecule has 0 saturated heterocycles. The Morgan fingerprint density at radius 3 is 2.75 bits per heavy atom. The summed E-state index contributed by atoms with van der Waals surface area (Å²) in [7, 11) is 4.01. The molecule has 0 aliphatic rings. The minimum absolute atomic E-state index is 0.385. The molecular weight excluding hydrogens is 338 g/mol. The molecular formula is C14H16BrN3OS. The normalized spacial score (nSPS) is 10.3. The number of nitrogens with two attached hydrogens (primary N) is 1. The summed E-state index contributed by atoms with van der Waals surface area (Å²) in [5.41, 5.74) is 7.97. The summed E-state index contributed by atoms with van der Waals surface area (Å²) in [5, 5.41) is 5.18. The molecule has 2 aromatic rings. The molecule has 0 radical (unpaired) electrons. The van der Waals surface area contributed by atoms with Crippen molar-refractivity contribution < 1.29 is 4.79 Å². The first-order valence-corrected chi connectivity index (χ1v) is 7.72. The van der Waals surface area contributed by atoms with E-state index in [1.807, 2.05) is 32.3 Å². The van der Waals surface area contributed by atoms with E-state index in [2.05, 4.69) is 32.2 Å². The number of carbonyl (C=O) groups is 1. The van der Waals surface area contributed by atoms with E-state index in [1.165, 1.54) is 11.3 Å². The number of thiophene rings is 1. The fraction of sp³-hybridized carbons (Fsp3) is 0.214. The van der Waals surface area contributed by atoms with Gasteiger partial charge in [-0.05, 0) is 24.3 Å². The highest BCUT2D eigenvalue weighted by Gasteiger charge is 2.07. The van der Waals surface area contributed by atoms with E-state index in [9.17, 15) is 4.79 Å². The predicted octanol–water partition coefficient (Wildman–Crippen LogP) is 3.29. The maximum atomic E-state index is 11.1. The van der Waals surface area contributed by atoms with E-state index in [-0.39, 0.29) is 5.91 Å². The summed E-state index contributed by atoms with van der Waals surface area (Å²) < 4.78 is 1.02. The molecule has 0 aliphatic heterocycles. The lowest BCUT2D eigenvalue weighted by atomic mass is 10.2. The van der Waals surface area contributed by atoms with Crippen molar-refractivity contribution in [2.24, 2.45) is 5.73 Å².